The van der Waals surface area contributed by atoms with E-state index >= 15 is 0 Å². The first kappa shape index (κ1) is 13.8. The van der Waals surface area contributed by atoms with E-state index in [1.807, 2.05) is 6.92 Å². The molecule has 1 aromatic rings. The van der Waals surface area contributed by atoms with Crippen LogP contribution in [0.4, 0.5) is 5.69 Å². The van der Waals surface area contributed by atoms with Crippen LogP contribution in [0.3, 0.4) is 0 Å². The molecular formula is C13H15ClN2O3. The number of rotatable bonds is 3. The maximum Gasteiger partial charge on any atom is 0.307 e. The molecule has 2 N–H and O–H groups in total. The Morgan fingerprint density at radius 1 is 1.42 bits per heavy atom. The van der Waals surface area contributed by atoms with Crippen molar-refractivity contribution in [3.05, 3.63) is 23.5 Å². The van der Waals surface area contributed by atoms with Crippen LogP contribution in [-0.4, -0.2) is 22.0 Å². The summed E-state index contributed by atoms with van der Waals surface area (Å²) >= 11 is 5.73. The number of carboxylic acids is 1. The van der Waals surface area contributed by atoms with Gasteiger partial charge in [-0.15, -0.1) is 0 Å². The van der Waals surface area contributed by atoms with Gasteiger partial charge < -0.3 is 10.4 Å². The van der Waals surface area contributed by atoms with Crippen molar-refractivity contribution in [1.29, 1.82) is 0 Å². The predicted octanol–water partition coefficient (Wildman–Crippen LogP) is 2.42. The zero-order chi connectivity index (χ0) is 14.0. The molecule has 0 radical (unpaired) electrons. The predicted molar refractivity (Wildman–Crippen MR) is 70.9 cm³/mol. The van der Waals surface area contributed by atoms with Gasteiger partial charge in [0.1, 0.15) is 5.15 Å². The quantitative estimate of drug-likeness (QED) is 0.835. The summed E-state index contributed by atoms with van der Waals surface area (Å²) in [4.78, 5) is 27.1. The summed E-state index contributed by atoms with van der Waals surface area (Å²) in [6, 6.07) is 3.16. The number of nitrogens with one attached hydrogen (secondary N) is 1. The van der Waals surface area contributed by atoms with Gasteiger partial charge in [-0.25, -0.2) is 4.98 Å². The third-order valence-electron chi connectivity index (χ3n) is 3.45. The molecule has 0 aliphatic heterocycles. The van der Waals surface area contributed by atoms with Crippen LogP contribution in [0.2, 0.25) is 5.15 Å². The first-order valence-electron chi connectivity index (χ1n) is 6.12. The highest BCUT2D eigenvalue weighted by Crippen LogP contribution is 2.37. The van der Waals surface area contributed by atoms with Crippen molar-refractivity contribution < 1.29 is 14.7 Å². The molecule has 3 atom stereocenters. The zero-order valence-electron chi connectivity index (χ0n) is 10.5. The van der Waals surface area contributed by atoms with Gasteiger partial charge in [-0.2, -0.15) is 0 Å². The average Bonchev–Trinajstić information content (AvgIpc) is 2.71. The third-order valence-corrected chi connectivity index (χ3v) is 3.65. The summed E-state index contributed by atoms with van der Waals surface area (Å²) < 4.78 is 0. The highest BCUT2D eigenvalue weighted by atomic mass is 35.5. The number of aromatic nitrogens is 1. The lowest BCUT2D eigenvalue weighted by Gasteiger charge is -2.15. The number of hydrogen-bond donors (Lipinski definition) is 2. The van der Waals surface area contributed by atoms with Crippen molar-refractivity contribution in [3.63, 3.8) is 0 Å². The Morgan fingerprint density at radius 3 is 2.74 bits per heavy atom. The van der Waals surface area contributed by atoms with Crippen LogP contribution in [0, 0.1) is 17.8 Å². The molecule has 1 heterocycles. The Bertz CT molecular complexity index is 506. The smallest absolute Gasteiger partial charge is 0.307 e. The minimum Gasteiger partial charge on any atom is -0.481 e. The lowest BCUT2D eigenvalue weighted by Crippen LogP contribution is -2.30. The summed E-state index contributed by atoms with van der Waals surface area (Å²) in [7, 11) is 0. The molecule has 1 amide bonds. The van der Waals surface area contributed by atoms with Gasteiger partial charge in [0.2, 0.25) is 5.91 Å². The maximum atomic E-state index is 12.1. The maximum absolute atomic E-state index is 12.1. The van der Waals surface area contributed by atoms with E-state index in [1.54, 1.807) is 6.07 Å². The Balaban J connectivity index is 2.09. The molecule has 1 saturated carbocycles. The highest BCUT2D eigenvalue weighted by molar-refractivity contribution is 6.29. The second kappa shape index (κ2) is 5.57. The minimum atomic E-state index is -0.905. The fraction of sp³-hybridized carbons (Fsp3) is 0.462. The summed E-state index contributed by atoms with van der Waals surface area (Å²) in [5.41, 5.74) is 0.536. The Hall–Kier alpha value is -1.62. The molecule has 1 aliphatic rings. The van der Waals surface area contributed by atoms with E-state index in [-0.39, 0.29) is 17.0 Å². The van der Waals surface area contributed by atoms with E-state index in [0.29, 0.717) is 18.5 Å². The average molecular weight is 283 g/mol. The number of carbonyl (C=O) groups is 2. The van der Waals surface area contributed by atoms with Gasteiger partial charge in [0, 0.05) is 11.9 Å². The molecule has 0 saturated heterocycles. The Labute approximate surface area is 116 Å². The first-order valence-corrected chi connectivity index (χ1v) is 6.50. The van der Waals surface area contributed by atoms with Gasteiger partial charge >= 0.3 is 5.97 Å². The number of nitrogens with zero attached hydrogens (tertiary/aromatic N) is 1. The third kappa shape index (κ3) is 3.23. The molecule has 6 heteroatoms. The van der Waals surface area contributed by atoms with Gasteiger partial charge in [0.05, 0.1) is 11.8 Å². The molecule has 1 aliphatic carbocycles. The van der Waals surface area contributed by atoms with Gasteiger partial charge in [0.25, 0.3) is 0 Å². The van der Waals surface area contributed by atoms with Crippen molar-refractivity contribution in [3.8, 4) is 0 Å². The van der Waals surface area contributed by atoms with Gasteiger partial charge in [0.15, 0.2) is 0 Å². The Kier molecular flexibility index (Phi) is 4.04. The lowest BCUT2D eigenvalue weighted by molar-refractivity contribution is -0.145. The van der Waals surface area contributed by atoms with E-state index in [9.17, 15) is 9.59 Å². The van der Waals surface area contributed by atoms with E-state index < -0.39 is 17.8 Å². The normalized spacial score (nSPS) is 26.1. The highest BCUT2D eigenvalue weighted by Gasteiger charge is 2.41. The van der Waals surface area contributed by atoms with Crippen LogP contribution in [-0.2, 0) is 9.59 Å². The van der Waals surface area contributed by atoms with Crippen molar-refractivity contribution >= 4 is 29.2 Å². The molecule has 0 aromatic carbocycles. The van der Waals surface area contributed by atoms with Gasteiger partial charge in [-0.1, -0.05) is 18.5 Å². The molecule has 2 rings (SSSR count). The monoisotopic (exact) mass is 282 g/mol. The standard InChI is InChI=1S/C13H15ClN2O3/c1-7-4-9(10(5-7)13(18)19)12(17)16-8-2-3-15-11(14)6-8/h2-3,6-7,9-10H,4-5H2,1H3,(H,18,19)(H,15,16,17). The number of anilines is 1. The van der Waals surface area contributed by atoms with E-state index in [0.717, 1.165) is 0 Å². The van der Waals surface area contributed by atoms with Gasteiger partial charge in [-0.3, -0.25) is 9.59 Å². The zero-order valence-corrected chi connectivity index (χ0v) is 11.2. The van der Waals surface area contributed by atoms with Crippen LogP contribution < -0.4 is 5.32 Å². The number of aliphatic carboxylic acids is 1. The van der Waals surface area contributed by atoms with Gasteiger partial charge in [-0.05, 0) is 30.9 Å². The molecule has 19 heavy (non-hydrogen) atoms. The fourth-order valence-corrected chi connectivity index (χ4v) is 2.74. The van der Waals surface area contributed by atoms with E-state index in [2.05, 4.69) is 10.3 Å². The van der Waals surface area contributed by atoms with Crippen molar-refractivity contribution in [1.82, 2.24) is 4.98 Å². The first-order chi connectivity index (χ1) is 8.97. The number of pyridine rings is 1. The lowest BCUT2D eigenvalue weighted by atomic mass is 9.95. The number of carbonyl (C=O) groups excluding carboxylic acids is 1. The second-order valence-electron chi connectivity index (χ2n) is 4.98. The molecule has 3 unspecified atom stereocenters. The van der Waals surface area contributed by atoms with E-state index in [1.165, 1.54) is 12.3 Å². The number of halogens is 1. The summed E-state index contributed by atoms with van der Waals surface area (Å²) in [5, 5.41) is 12.1. The molecule has 1 aromatic heterocycles. The van der Waals surface area contributed by atoms with Crippen LogP contribution >= 0.6 is 11.6 Å². The van der Waals surface area contributed by atoms with Crippen molar-refractivity contribution in [2.24, 2.45) is 17.8 Å². The summed E-state index contributed by atoms with van der Waals surface area (Å²) in [6.45, 7) is 1.96. The van der Waals surface area contributed by atoms with Crippen LogP contribution in [0.15, 0.2) is 18.3 Å². The minimum absolute atomic E-state index is 0.248. The Morgan fingerprint density at radius 2 is 2.11 bits per heavy atom. The second-order valence-corrected chi connectivity index (χ2v) is 5.37. The molecular weight excluding hydrogens is 268 g/mol. The SMILES string of the molecule is CC1CC(C(=O)O)C(C(=O)Nc2ccnc(Cl)c2)C1. The molecule has 102 valence electrons. The van der Waals surface area contributed by atoms with Crippen LogP contribution in [0.1, 0.15) is 19.8 Å². The number of carboxylic acid groups (broad SMARTS) is 1. The van der Waals surface area contributed by atoms with E-state index in [4.69, 9.17) is 16.7 Å². The van der Waals surface area contributed by atoms with Crippen molar-refractivity contribution in [2.75, 3.05) is 5.32 Å². The molecule has 0 spiro atoms. The van der Waals surface area contributed by atoms with Crippen molar-refractivity contribution in [2.45, 2.75) is 19.8 Å². The van der Waals surface area contributed by atoms with Crippen LogP contribution in [0.5, 0.6) is 0 Å². The summed E-state index contributed by atoms with van der Waals surface area (Å²) in [6.07, 6.45) is 2.63. The largest absolute Gasteiger partial charge is 0.481 e. The summed E-state index contributed by atoms with van der Waals surface area (Å²) in [5.74, 6) is -2.01. The molecule has 1 fully saturated rings. The molecule has 0 bridgehead atoms. The van der Waals surface area contributed by atoms with Crippen LogP contribution in [0.25, 0.3) is 0 Å². The number of hydrogen-bond acceptors (Lipinski definition) is 3. The fourth-order valence-electron chi connectivity index (χ4n) is 2.57. The number of amides is 1. The molecule has 5 nitrogen and oxygen atoms in total. The topological polar surface area (TPSA) is 79.3 Å².